The van der Waals surface area contributed by atoms with Crippen LogP contribution in [0.25, 0.3) is 22.0 Å². The van der Waals surface area contributed by atoms with E-state index in [1.54, 1.807) is 30.5 Å². The van der Waals surface area contributed by atoms with E-state index in [0.29, 0.717) is 17.2 Å². The Bertz CT molecular complexity index is 1290. The average molecular weight is 401 g/mol. The number of nitrogens with zero attached hydrogens (tertiary/aromatic N) is 2. The van der Waals surface area contributed by atoms with Gasteiger partial charge in [0.2, 0.25) is 0 Å². The lowest BCUT2D eigenvalue weighted by molar-refractivity contribution is 0.0697. The Morgan fingerprint density at radius 3 is 2.70 bits per heavy atom. The molecule has 150 valence electrons. The number of nitrogens with one attached hydrogen (secondary N) is 1. The highest BCUT2D eigenvalue weighted by atomic mass is 19.1. The van der Waals surface area contributed by atoms with Crippen molar-refractivity contribution in [3.05, 3.63) is 77.9 Å². The molecule has 1 aliphatic carbocycles. The number of hydrogen-bond donors (Lipinski definition) is 2. The number of anilines is 2. The standard InChI is InChI=1S/C24H20FN3O2/c1-28-9-8-15-10-17(12-19(22(15)28)18-4-2-3-5-21(18)25)27-23-20(24(29)30)11-16(13-26-23)14-6-7-14/h2-5,8-14H,6-7H2,1H3,(H,26,27)(H,29,30). The Hall–Kier alpha value is -3.67. The van der Waals surface area contributed by atoms with Gasteiger partial charge in [0.25, 0.3) is 0 Å². The number of carboxylic acids is 1. The third kappa shape index (κ3) is 3.20. The predicted octanol–water partition coefficient (Wildman–Crippen LogP) is 5.70. The van der Waals surface area contributed by atoms with Crippen molar-refractivity contribution < 1.29 is 14.3 Å². The zero-order valence-corrected chi connectivity index (χ0v) is 16.4. The largest absolute Gasteiger partial charge is 0.478 e. The summed E-state index contributed by atoms with van der Waals surface area (Å²) in [5.74, 6) is -0.641. The molecule has 1 saturated carbocycles. The molecule has 1 aliphatic rings. The summed E-state index contributed by atoms with van der Waals surface area (Å²) in [6.45, 7) is 0. The Morgan fingerprint density at radius 1 is 1.17 bits per heavy atom. The topological polar surface area (TPSA) is 67.2 Å². The van der Waals surface area contributed by atoms with Crippen LogP contribution in [-0.4, -0.2) is 20.6 Å². The van der Waals surface area contributed by atoms with Gasteiger partial charge in [-0.25, -0.2) is 14.2 Å². The molecule has 1 fully saturated rings. The quantitative estimate of drug-likeness (QED) is 0.450. The van der Waals surface area contributed by atoms with Gasteiger partial charge in [-0.3, -0.25) is 0 Å². The summed E-state index contributed by atoms with van der Waals surface area (Å²) in [5, 5.41) is 13.8. The molecule has 6 heteroatoms. The van der Waals surface area contributed by atoms with Gasteiger partial charge in [0.15, 0.2) is 0 Å². The predicted molar refractivity (Wildman–Crippen MR) is 115 cm³/mol. The number of aryl methyl sites for hydroxylation is 1. The second-order valence-electron chi connectivity index (χ2n) is 7.74. The fraction of sp³-hybridized carbons (Fsp3) is 0.167. The maximum Gasteiger partial charge on any atom is 0.339 e. The highest BCUT2D eigenvalue weighted by Gasteiger charge is 2.26. The lowest BCUT2D eigenvalue weighted by Crippen LogP contribution is -2.06. The summed E-state index contributed by atoms with van der Waals surface area (Å²) in [7, 11) is 1.92. The Labute approximate surface area is 172 Å². The van der Waals surface area contributed by atoms with E-state index in [1.807, 2.05) is 36.0 Å². The normalized spacial score (nSPS) is 13.5. The van der Waals surface area contributed by atoms with E-state index >= 15 is 0 Å². The first-order valence-corrected chi connectivity index (χ1v) is 9.85. The first-order valence-electron chi connectivity index (χ1n) is 9.85. The Balaban J connectivity index is 1.63. The molecule has 0 amide bonds. The van der Waals surface area contributed by atoms with Crippen molar-refractivity contribution in [2.24, 2.45) is 7.05 Å². The molecule has 4 aromatic rings. The van der Waals surface area contributed by atoms with Crippen molar-refractivity contribution in [2.75, 3.05) is 5.32 Å². The zero-order valence-electron chi connectivity index (χ0n) is 16.4. The van der Waals surface area contributed by atoms with Crippen molar-refractivity contribution in [3.8, 4) is 11.1 Å². The van der Waals surface area contributed by atoms with Gasteiger partial charge in [0.05, 0.1) is 5.52 Å². The van der Waals surface area contributed by atoms with Crippen LogP contribution in [0, 0.1) is 5.82 Å². The van der Waals surface area contributed by atoms with Crippen molar-refractivity contribution in [3.63, 3.8) is 0 Å². The van der Waals surface area contributed by atoms with Gasteiger partial charge in [-0.1, -0.05) is 18.2 Å². The number of pyridine rings is 1. The van der Waals surface area contributed by atoms with Gasteiger partial charge in [-0.2, -0.15) is 0 Å². The molecule has 0 spiro atoms. The summed E-state index contributed by atoms with van der Waals surface area (Å²) < 4.78 is 16.5. The Morgan fingerprint density at radius 2 is 1.97 bits per heavy atom. The molecular weight excluding hydrogens is 381 g/mol. The number of hydrogen-bond acceptors (Lipinski definition) is 3. The van der Waals surface area contributed by atoms with Gasteiger partial charge >= 0.3 is 5.97 Å². The molecule has 0 saturated heterocycles. The van der Waals surface area contributed by atoms with Crippen LogP contribution in [0.2, 0.25) is 0 Å². The summed E-state index contributed by atoms with van der Waals surface area (Å²) >= 11 is 0. The number of fused-ring (bicyclic) bond motifs is 1. The van der Waals surface area contributed by atoms with Crippen molar-refractivity contribution >= 4 is 28.4 Å². The second-order valence-corrected chi connectivity index (χ2v) is 7.74. The third-order valence-electron chi connectivity index (χ3n) is 5.58. The molecule has 2 aromatic heterocycles. The maximum atomic E-state index is 14.6. The first kappa shape index (κ1) is 18.4. The number of aromatic nitrogens is 2. The lowest BCUT2D eigenvalue weighted by atomic mass is 10.0. The number of halogens is 1. The summed E-state index contributed by atoms with van der Waals surface area (Å²) in [6.07, 6.45) is 5.81. The minimum atomic E-state index is -1.03. The molecular formula is C24H20FN3O2. The van der Waals surface area contributed by atoms with E-state index in [-0.39, 0.29) is 17.2 Å². The molecule has 0 aliphatic heterocycles. The van der Waals surface area contributed by atoms with E-state index in [1.165, 1.54) is 6.07 Å². The smallest absolute Gasteiger partial charge is 0.339 e. The molecule has 0 bridgehead atoms. The van der Waals surface area contributed by atoms with Gasteiger partial charge in [0.1, 0.15) is 17.2 Å². The molecule has 5 nitrogen and oxygen atoms in total. The van der Waals surface area contributed by atoms with Crippen LogP contribution < -0.4 is 5.32 Å². The van der Waals surface area contributed by atoms with Gasteiger partial charge in [-0.05, 0) is 54.7 Å². The fourth-order valence-electron chi connectivity index (χ4n) is 3.92. The minimum Gasteiger partial charge on any atom is -0.478 e. The van der Waals surface area contributed by atoms with E-state index in [4.69, 9.17) is 0 Å². The summed E-state index contributed by atoms with van der Waals surface area (Å²) in [5.41, 5.74) is 3.88. The highest BCUT2D eigenvalue weighted by molar-refractivity contribution is 5.99. The SMILES string of the molecule is Cn1ccc2cc(Nc3ncc(C4CC4)cc3C(=O)O)cc(-c3ccccc3F)c21. The van der Waals surface area contributed by atoms with Crippen LogP contribution in [0.3, 0.4) is 0 Å². The van der Waals surface area contributed by atoms with Crippen LogP contribution >= 0.6 is 0 Å². The average Bonchev–Trinajstić information content (AvgIpc) is 3.51. The third-order valence-corrected chi connectivity index (χ3v) is 5.58. The van der Waals surface area contributed by atoms with E-state index in [9.17, 15) is 14.3 Å². The zero-order chi connectivity index (χ0) is 20.8. The molecule has 0 atom stereocenters. The minimum absolute atomic E-state index is 0.139. The van der Waals surface area contributed by atoms with Crippen LogP contribution in [0.1, 0.15) is 34.7 Å². The van der Waals surface area contributed by atoms with Gasteiger partial charge < -0.3 is 15.0 Å². The molecule has 0 radical (unpaired) electrons. The van der Waals surface area contributed by atoms with Gasteiger partial charge in [-0.15, -0.1) is 0 Å². The maximum absolute atomic E-state index is 14.6. The first-order chi connectivity index (χ1) is 14.5. The van der Waals surface area contributed by atoms with Crippen molar-refractivity contribution in [2.45, 2.75) is 18.8 Å². The van der Waals surface area contributed by atoms with E-state index in [0.717, 1.165) is 34.9 Å². The summed E-state index contributed by atoms with van der Waals surface area (Å²) in [4.78, 5) is 16.2. The fourth-order valence-corrected chi connectivity index (χ4v) is 3.92. The number of carboxylic acid groups (broad SMARTS) is 1. The summed E-state index contributed by atoms with van der Waals surface area (Å²) in [6, 6.07) is 14.0. The van der Waals surface area contributed by atoms with Crippen LogP contribution in [-0.2, 0) is 7.05 Å². The number of rotatable bonds is 5. The monoisotopic (exact) mass is 401 g/mol. The molecule has 2 N–H and O–H groups in total. The van der Waals surface area contributed by atoms with E-state index < -0.39 is 5.97 Å². The molecule has 2 aromatic carbocycles. The van der Waals surface area contributed by atoms with Crippen LogP contribution in [0.4, 0.5) is 15.9 Å². The van der Waals surface area contributed by atoms with Crippen molar-refractivity contribution in [1.29, 1.82) is 0 Å². The molecule has 5 rings (SSSR count). The molecule has 30 heavy (non-hydrogen) atoms. The number of benzene rings is 2. The van der Waals surface area contributed by atoms with Crippen LogP contribution in [0.15, 0.2) is 60.9 Å². The van der Waals surface area contributed by atoms with Crippen molar-refractivity contribution in [1.82, 2.24) is 9.55 Å². The highest BCUT2D eigenvalue weighted by Crippen LogP contribution is 2.41. The second kappa shape index (κ2) is 6.99. The van der Waals surface area contributed by atoms with E-state index in [2.05, 4.69) is 10.3 Å². The van der Waals surface area contributed by atoms with Gasteiger partial charge in [0, 0.05) is 41.6 Å². The van der Waals surface area contributed by atoms with Crippen LogP contribution in [0.5, 0.6) is 0 Å². The molecule has 2 heterocycles. The Kier molecular flexibility index (Phi) is 4.28. The lowest BCUT2D eigenvalue weighted by Gasteiger charge is -2.14. The molecule has 0 unspecified atom stereocenters. The number of aromatic carboxylic acids is 1. The number of carbonyl (C=O) groups is 1.